The average molecular weight is 227 g/mol. The molecule has 0 aliphatic carbocycles. The van der Waals surface area contributed by atoms with Gasteiger partial charge in [-0.1, -0.05) is 12.1 Å². The number of nitrogens with one attached hydrogen (secondary N) is 1. The molecule has 1 aromatic heterocycles. The molecule has 1 N–H and O–H groups in total. The highest BCUT2D eigenvalue weighted by Crippen LogP contribution is 2.16. The number of rotatable bonds is 2. The predicted molar refractivity (Wildman–Crippen MR) is 68.8 cm³/mol. The number of para-hydroxylation sites is 2. The van der Waals surface area contributed by atoms with E-state index < -0.39 is 0 Å². The van der Waals surface area contributed by atoms with Crippen LogP contribution in [-0.2, 0) is 6.42 Å². The van der Waals surface area contributed by atoms with Crippen LogP contribution in [0, 0.1) is 5.92 Å². The molecule has 1 unspecified atom stereocenters. The highest BCUT2D eigenvalue weighted by molar-refractivity contribution is 5.73. The molecule has 3 nitrogen and oxygen atoms in total. The van der Waals surface area contributed by atoms with E-state index in [4.69, 9.17) is 0 Å². The third-order valence-electron chi connectivity index (χ3n) is 3.40. The lowest BCUT2D eigenvalue weighted by Gasteiger charge is -2.22. The highest BCUT2D eigenvalue weighted by atomic mass is 14.9. The molecule has 2 aromatic rings. The van der Waals surface area contributed by atoms with Crippen LogP contribution in [0.3, 0.4) is 0 Å². The summed E-state index contributed by atoms with van der Waals surface area (Å²) in [5.41, 5.74) is 3.11. The van der Waals surface area contributed by atoms with E-state index in [2.05, 4.69) is 15.3 Å². The molecule has 17 heavy (non-hydrogen) atoms. The fourth-order valence-corrected chi connectivity index (χ4v) is 2.49. The van der Waals surface area contributed by atoms with Crippen LogP contribution in [0.25, 0.3) is 11.0 Å². The molecule has 1 saturated heterocycles. The number of fused-ring (bicyclic) bond motifs is 1. The van der Waals surface area contributed by atoms with Gasteiger partial charge in [0, 0.05) is 6.20 Å². The number of hydrogen-bond acceptors (Lipinski definition) is 3. The van der Waals surface area contributed by atoms with E-state index in [9.17, 15) is 0 Å². The van der Waals surface area contributed by atoms with Gasteiger partial charge in [0.15, 0.2) is 0 Å². The van der Waals surface area contributed by atoms with E-state index in [0.717, 1.165) is 35.6 Å². The molecule has 3 heteroatoms. The molecule has 2 heterocycles. The summed E-state index contributed by atoms with van der Waals surface area (Å²) in [5, 5.41) is 3.44. The lowest BCUT2D eigenvalue weighted by molar-refractivity contribution is 0.373. The maximum absolute atomic E-state index is 4.68. The zero-order valence-corrected chi connectivity index (χ0v) is 9.89. The van der Waals surface area contributed by atoms with Crippen LogP contribution in [0.15, 0.2) is 30.5 Å². The second-order valence-electron chi connectivity index (χ2n) is 4.77. The quantitative estimate of drug-likeness (QED) is 0.854. The zero-order chi connectivity index (χ0) is 11.5. The van der Waals surface area contributed by atoms with Crippen molar-refractivity contribution in [3.05, 3.63) is 36.2 Å². The van der Waals surface area contributed by atoms with Gasteiger partial charge in [-0.3, -0.25) is 4.98 Å². The second-order valence-corrected chi connectivity index (χ2v) is 4.77. The van der Waals surface area contributed by atoms with Crippen molar-refractivity contribution in [2.45, 2.75) is 19.3 Å². The first-order valence-corrected chi connectivity index (χ1v) is 6.33. The number of piperidine rings is 1. The van der Waals surface area contributed by atoms with Gasteiger partial charge in [0.1, 0.15) is 0 Å². The molecular formula is C14H17N3. The van der Waals surface area contributed by atoms with E-state index in [1.54, 1.807) is 0 Å². The fraction of sp³-hybridized carbons (Fsp3) is 0.429. The van der Waals surface area contributed by atoms with Gasteiger partial charge in [-0.2, -0.15) is 0 Å². The fourth-order valence-electron chi connectivity index (χ4n) is 2.49. The van der Waals surface area contributed by atoms with Crippen LogP contribution in [0.2, 0.25) is 0 Å². The standard InChI is InChI=1S/C14H17N3/c1-2-6-14-13(5-1)16-10-12(17-14)8-11-4-3-7-15-9-11/h1-2,5-6,10-11,15H,3-4,7-9H2. The third-order valence-corrected chi connectivity index (χ3v) is 3.40. The van der Waals surface area contributed by atoms with Crippen molar-refractivity contribution in [3.63, 3.8) is 0 Å². The van der Waals surface area contributed by atoms with Crippen LogP contribution < -0.4 is 5.32 Å². The summed E-state index contributed by atoms with van der Waals surface area (Å²) in [5.74, 6) is 0.721. The maximum Gasteiger partial charge on any atom is 0.0890 e. The molecule has 1 fully saturated rings. The summed E-state index contributed by atoms with van der Waals surface area (Å²) < 4.78 is 0. The normalized spacial score (nSPS) is 20.6. The predicted octanol–water partition coefficient (Wildman–Crippen LogP) is 2.17. The van der Waals surface area contributed by atoms with Crippen molar-refractivity contribution >= 4 is 11.0 Å². The average Bonchev–Trinajstić information content (AvgIpc) is 2.40. The van der Waals surface area contributed by atoms with E-state index in [1.807, 2.05) is 30.5 Å². The number of aromatic nitrogens is 2. The molecule has 0 bridgehead atoms. The summed E-state index contributed by atoms with van der Waals surface area (Å²) in [6.07, 6.45) is 5.56. The van der Waals surface area contributed by atoms with Crippen molar-refractivity contribution in [3.8, 4) is 0 Å². The van der Waals surface area contributed by atoms with E-state index in [0.29, 0.717) is 0 Å². The minimum absolute atomic E-state index is 0.721. The second kappa shape index (κ2) is 4.80. The molecule has 0 amide bonds. The summed E-state index contributed by atoms with van der Waals surface area (Å²) in [6.45, 7) is 2.29. The Morgan fingerprint density at radius 2 is 2.12 bits per heavy atom. The van der Waals surface area contributed by atoms with E-state index in [-0.39, 0.29) is 0 Å². The van der Waals surface area contributed by atoms with Gasteiger partial charge in [-0.05, 0) is 50.4 Å². The number of benzene rings is 1. The summed E-state index contributed by atoms with van der Waals surface area (Å²) in [7, 11) is 0. The molecule has 1 atom stereocenters. The van der Waals surface area contributed by atoms with Gasteiger partial charge in [0.05, 0.1) is 16.7 Å². The number of hydrogen-bond donors (Lipinski definition) is 1. The summed E-state index contributed by atoms with van der Waals surface area (Å²) in [4.78, 5) is 9.14. The number of nitrogens with zero attached hydrogens (tertiary/aromatic N) is 2. The van der Waals surface area contributed by atoms with Crippen molar-refractivity contribution in [1.29, 1.82) is 0 Å². The molecule has 1 aliphatic rings. The Labute approximate surface area is 101 Å². The molecule has 0 spiro atoms. The molecule has 1 aromatic carbocycles. The van der Waals surface area contributed by atoms with Crippen molar-refractivity contribution in [1.82, 2.24) is 15.3 Å². The lowest BCUT2D eigenvalue weighted by atomic mass is 9.95. The molecule has 1 aliphatic heterocycles. The molecule has 88 valence electrons. The monoisotopic (exact) mass is 227 g/mol. The first-order chi connectivity index (χ1) is 8.42. The third kappa shape index (κ3) is 2.44. The largest absolute Gasteiger partial charge is 0.316 e. The Balaban J connectivity index is 1.80. The highest BCUT2D eigenvalue weighted by Gasteiger charge is 2.14. The van der Waals surface area contributed by atoms with Crippen LogP contribution >= 0.6 is 0 Å². The van der Waals surface area contributed by atoms with Crippen molar-refractivity contribution in [2.75, 3.05) is 13.1 Å². The smallest absolute Gasteiger partial charge is 0.0890 e. The molecular weight excluding hydrogens is 210 g/mol. The van der Waals surface area contributed by atoms with Crippen LogP contribution in [0.1, 0.15) is 18.5 Å². The Morgan fingerprint density at radius 1 is 1.24 bits per heavy atom. The lowest BCUT2D eigenvalue weighted by Crippen LogP contribution is -2.31. The van der Waals surface area contributed by atoms with Gasteiger partial charge < -0.3 is 5.32 Å². The van der Waals surface area contributed by atoms with Gasteiger partial charge in [-0.25, -0.2) is 4.98 Å². The van der Waals surface area contributed by atoms with Gasteiger partial charge in [-0.15, -0.1) is 0 Å². The van der Waals surface area contributed by atoms with Crippen LogP contribution in [0.4, 0.5) is 0 Å². The topological polar surface area (TPSA) is 37.8 Å². The maximum atomic E-state index is 4.68. The van der Waals surface area contributed by atoms with Crippen molar-refractivity contribution in [2.24, 2.45) is 5.92 Å². The molecule has 0 saturated carbocycles. The Kier molecular flexibility index (Phi) is 3.01. The first-order valence-electron chi connectivity index (χ1n) is 6.33. The zero-order valence-electron chi connectivity index (χ0n) is 9.89. The Hall–Kier alpha value is -1.48. The SMILES string of the molecule is c1ccc2nc(CC3CCCNC3)cnc2c1. The van der Waals surface area contributed by atoms with Crippen LogP contribution in [0.5, 0.6) is 0 Å². The van der Waals surface area contributed by atoms with Crippen molar-refractivity contribution < 1.29 is 0 Å². The Bertz CT molecular complexity index is 504. The van der Waals surface area contributed by atoms with Gasteiger partial charge in [0.2, 0.25) is 0 Å². The van der Waals surface area contributed by atoms with Gasteiger partial charge in [0.25, 0.3) is 0 Å². The molecule has 3 rings (SSSR count). The minimum Gasteiger partial charge on any atom is -0.316 e. The minimum atomic E-state index is 0.721. The van der Waals surface area contributed by atoms with E-state index >= 15 is 0 Å². The molecule has 0 radical (unpaired) electrons. The van der Waals surface area contributed by atoms with Crippen LogP contribution in [-0.4, -0.2) is 23.1 Å². The van der Waals surface area contributed by atoms with Gasteiger partial charge >= 0.3 is 0 Å². The summed E-state index contributed by atoms with van der Waals surface area (Å²) >= 11 is 0. The summed E-state index contributed by atoms with van der Waals surface area (Å²) in [6, 6.07) is 8.06. The first kappa shape index (κ1) is 10.7. The van der Waals surface area contributed by atoms with E-state index in [1.165, 1.54) is 19.4 Å². The Morgan fingerprint density at radius 3 is 2.94 bits per heavy atom.